The van der Waals surface area contributed by atoms with Crippen LogP contribution < -0.4 is 0 Å². The van der Waals surface area contributed by atoms with E-state index in [1.807, 2.05) is 0 Å². The van der Waals surface area contributed by atoms with Crippen molar-refractivity contribution in [3.05, 3.63) is 28.8 Å². The van der Waals surface area contributed by atoms with E-state index in [0.29, 0.717) is 17.4 Å². The van der Waals surface area contributed by atoms with Crippen LogP contribution in [0.2, 0.25) is 0 Å². The highest BCUT2D eigenvalue weighted by molar-refractivity contribution is 7.90. The van der Waals surface area contributed by atoms with Gasteiger partial charge in [-0.2, -0.15) is 0 Å². The fourth-order valence-corrected chi connectivity index (χ4v) is 3.18. The van der Waals surface area contributed by atoms with Crippen molar-refractivity contribution in [1.82, 2.24) is 0 Å². The first-order chi connectivity index (χ1) is 7.95. The van der Waals surface area contributed by atoms with Gasteiger partial charge in [-0.3, -0.25) is 0 Å². The molecular formula is C11H10O5S. The summed E-state index contributed by atoms with van der Waals surface area (Å²) in [6.45, 7) is -0.0523. The van der Waals surface area contributed by atoms with Gasteiger partial charge in [0.1, 0.15) is 12.9 Å². The summed E-state index contributed by atoms with van der Waals surface area (Å²) < 4.78 is 28.2. The van der Waals surface area contributed by atoms with E-state index in [9.17, 15) is 18.0 Å². The largest absolute Gasteiger partial charge is 0.457 e. The number of sulfone groups is 1. The smallest absolute Gasteiger partial charge is 0.338 e. The zero-order valence-corrected chi connectivity index (χ0v) is 9.91. The number of benzene rings is 1. The molecule has 17 heavy (non-hydrogen) atoms. The molecule has 0 N–H and O–H groups in total. The summed E-state index contributed by atoms with van der Waals surface area (Å²) in [4.78, 5) is 21.9. The maximum Gasteiger partial charge on any atom is 0.338 e. The molecule has 0 saturated carbocycles. The highest BCUT2D eigenvalue weighted by Gasteiger charge is 2.29. The second-order valence-corrected chi connectivity index (χ2v) is 5.75. The predicted octanol–water partition coefficient (Wildman–Crippen LogP) is 0.502. The van der Waals surface area contributed by atoms with E-state index in [-0.39, 0.29) is 23.5 Å². The minimum Gasteiger partial charge on any atom is -0.457 e. The van der Waals surface area contributed by atoms with Crippen molar-refractivity contribution in [2.75, 3.05) is 6.26 Å². The highest BCUT2D eigenvalue weighted by atomic mass is 32.2. The lowest BCUT2D eigenvalue weighted by molar-refractivity contribution is -0.107. The molecule has 0 saturated heterocycles. The molecule has 0 spiro atoms. The molecule has 5 nitrogen and oxygen atoms in total. The molecule has 0 bridgehead atoms. The third-order valence-corrected chi connectivity index (χ3v) is 3.83. The summed E-state index contributed by atoms with van der Waals surface area (Å²) in [7, 11) is -3.50. The van der Waals surface area contributed by atoms with Crippen LogP contribution >= 0.6 is 0 Å². The van der Waals surface area contributed by atoms with Gasteiger partial charge >= 0.3 is 5.97 Å². The number of rotatable bonds is 3. The SMILES string of the molecule is CS(=O)(=O)c1c(CC=O)ccc2c1COC2=O. The van der Waals surface area contributed by atoms with Gasteiger partial charge in [0.2, 0.25) is 0 Å². The minimum atomic E-state index is -3.50. The van der Waals surface area contributed by atoms with Crippen LogP contribution in [-0.2, 0) is 32.4 Å². The van der Waals surface area contributed by atoms with E-state index in [0.717, 1.165) is 6.26 Å². The fourth-order valence-electron chi connectivity index (χ4n) is 1.94. The number of fused-ring (bicyclic) bond motifs is 1. The van der Waals surface area contributed by atoms with Crippen molar-refractivity contribution in [1.29, 1.82) is 0 Å². The van der Waals surface area contributed by atoms with Crippen molar-refractivity contribution in [2.45, 2.75) is 17.9 Å². The average Bonchev–Trinajstić information content (AvgIpc) is 2.59. The molecule has 6 heteroatoms. The number of carbonyl (C=O) groups excluding carboxylic acids is 2. The van der Waals surface area contributed by atoms with Gasteiger partial charge in [0, 0.05) is 18.2 Å². The van der Waals surface area contributed by atoms with Crippen LogP contribution in [0.4, 0.5) is 0 Å². The number of ether oxygens (including phenoxy) is 1. The Hall–Kier alpha value is -1.69. The average molecular weight is 254 g/mol. The maximum absolute atomic E-state index is 11.7. The van der Waals surface area contributed by atoms with Gasteiger partial charge in [-0.05, 0) is 11.6 Å². The predicted molar refractivity (Wildman–Crippen MR) is 58.4 cm³/mol. The van der Waals surface area contributed by atoms with Crippen molar-refractivity contribution >= 4 is 22.1 Å². The van der Waals surface area contributed by atoms with Crippen LogP contribution in [0.1, 0.15) is 21.5 Å². The molecule has 0 amide bonds. The first-order valence-electron chi connectivity index (χ1n) is 4.90. The van der Waals surface area contributed by atoms with E-state index in [1.165, 1.54) is 12.1 Å². The van der Waals surface area contributed by atoms with Crippen molar-refractivity contribution in [3.63, 3.8) is 0 Å². The van der Waals surface area contributed by atoms with Crippen LogP contribution in [0.15, 0.2) is 17.0 Å². The lowest BCUT2D eigenvalue weighted by Gasteiger charge is -2.08. The van der Waals surface area contributed by atoms with E-state index < -0.39 is 15.8 Å². The number of cyclic esters (lactones) is 1. The van der Waals surface area contributed by atoms with Gasteiger partial charge in [-0.25, -0.2) is 13.2 Å². The molecule has 0 unspecified atom stereocenters. The van der Waals surface area contributed by atoms with Gasteiger partial charge in [0.25, 0.3) is 0 Å². The molecule has 1 aromatic rings. The Morgan fingerprint density at radius 1 is 1.41 bits per heavy atom. The molecule has 1 aliphatic rings. The Labute approximate surface area is 98.3 Å². The molecule has 0 atom stereocenters. The van der Waals surface area contributed by atoms with Crippen LogP contribution in [0.25, 0.3) is 0 Å². The summed E-state index contributed by atoms with van der Waals surface area (Å²) in [6.07, 6.45) is 1.69. The second kappa shape index (κ2) is 3.96. The summed E-state index contributed by atoms with van der Waals surface area (Å²) in [5, 5.41) is 0. The zero-order valence-electron chi connectivity index (χ0n) is 9.10. The van der Waals surface area contributed by atoms with Crippen molar-refractivity contribution in [3.8, 4) is 0 Å². The quantitative estimate of drug-likeness (QED) is 0.580. The number of aldehydes is 1. The molecule has 2 rings (SSSR count). The third-order valence-electron chi connectivity index (χ3n) is 2.58. The molecule has 0 fully saturated rings. The standard InChI is InChI=1S/C11H10O5S/c1-17(14,15)10-7(4-5-12)2-3-8-9(10)6-16-11(8)13/h2-3,5H,4,6H2,1H3. The van der Waals surface area contributed by atoms with Crippen molar-refractivity contribution < 1.29 is 22.7 Å². The van der Waals surface area contributed by atoms with Gasteiger partial charge in [0.15, 0.2) is 9.84 Å². The highest BCUT2D eigenvalue weighted by Crippen LogP contribution is 2.30. The van der Waals surface area contributed by atoms with E-state index >= 15 is 0 Å². The van der Waals surface area contributed by atoms with Crippen molar-refractivity contribution in [2.24, 2.45) is 0 Å². The van der Waals surface area contributed by atoms with Gasteiger partial charge in [-0.15, -0.1) is 0 Å². The molecule has 0 aromatic heterocycles. The first-order valence-corrected chi connectivity index (χ1v) is 6.80. The minimum absolute atomic E-state index is 0.00384. The van der Waals surface area contributed by atoms with Gasteiger partial charge < -0.3 is 9.53 Å². The number of carbonyl (C=O) groups is 2. The molecular weight excluding hydrogens is 244 g/mol. The van der Waals surface area contributed by atoms with Crippen LogP contribution in [-0.4, -0.2) is 26.9 Å². The Bertz CT molecular complexity index is 601. The second-order valence-electron chi connectivity index (χ2n) is 3.80. The number of hydrogen-bond donors (Lipinski definition) is 0. The molecule has 1 aliphatic heterocycles. The zero-order chi connectivity index (χ0) is 12.6. The summed E-state index contributed by atoms with van der Waals surface area (Å²) in [5.74, 6) is -0.525. The van der Waals surface area contributed by atoms with E-state index in [2.05, 4.69) is 0 Å². The maximum atomic E-state index is 11.7. The van der Waals surface area contributed by atoms with Crippen LogP contribution in [0.5, 0.6) is 0 Å². The lowest BCUT2D eigenvalue weighted by atomic mass is 10.0. The molecule has 90 valence electrons. The summed E-state index contributed by atoms with van der Waals surface area (Å²) in [5.41, 5.74) is 1.02. The fraction of sp³-hybridized carbons (Fsp3) is 0.273. The molecule has 0 radical (unpaired) electrons. The van der Waals surface area contributed by atoms with Crippen LogP contribution in [0.3, 0.4) is 0 Å². The van der Waals surface area contributed by atoms with Crippen LogP contribution in [0, 0.1) is 0 Å². The molecule has 1 aromatic carbocycles. The number of hydrogen-bond acceptors (Lipinski definition) is 5. The molecule has 0 aliphatic carbocycles. The Kier molecular flexibility index (Phi) is 2.74. The normalized spacial score (nSPS) is 14.3. The van der Waals surface area contributed by atoms with Gasteiger partial charge in [0.05, 0.1) is 10.5 Å². The topological polar surface area (TPSA) is 77.5 Å². The Morgan fingerprint density at radius 3 is 2.71 bits per heavy atom. The Morgan fingerprint density at radius 2 is 2.12 bits per heavy atom. The lowest BCUT2D eigenvalue weighted by Crippen LogP contribution is -2.08. The Balaban J connectivity index is 2.75. The summed E-state index contributed by atoms with van der Waals surface area (Å²) >= 11 is 0. The van der Waals surface area contributed by atoms with E-state index in [1.54, 1.807) is 0 Å². The molecule has 1 heterocycles. The summed E-state index contributed by atoms with van der Waals surface area (Å²) in [6, 6.07) is 2.98. The number of esters is 1. The third kappa shape index (κ3) is 1.95. The monoisotopic (exact) mass is 254 g/mol. The first kappa shape index (κ1) is 11.8. The van der Waals surface area contributed by atoms with Gasteiger partial charge in [-0.1, -0.05) is 6.07 Å². The van der Waals surface area contributed by atoms with E-state index in [4.69, 9.17) is 4.74 Å².